The van der Waals surface area contributed by atoms with Crippen LogP contribution in [-0.4, -0.2) is 21.2 Å². The molecule has 1 aromatic heterocycles. The number of anilines is 3. The quantitative estimate of drug-likeness (QED) is 0.541. The fourth-order valence-electron chi connectivity index (χ4n) is 3.14. The molecule has 1 heterocycles. The van der Waals surface area contributed by atoms with Crippen LogP contribution < -0.4 is 27.2 Å². The molecule has 0 bridgehead atoms. The van der Waals surface area contributed by atoms with Crippen LogP contribution in [0.2, 0.25) is 0 Å². The highest BCUT2D eigenvalue weighted by Crippen LogP contribution is 2.21. The van der Waals surface area contributed by atoms with Gasteiger partial charge in [-0.3, -0.25) is 14.3 Å². The van der Waals surface area contributed by atoms with Crippen LogP contribution in [0.1, 0.15) is 52.0 Å². The van der Waals surface area contributed by atoms with Gasteiger partial charge in [0.05, 0.1) is 0 Å². The fourth-order valence-corrected chi connectivity index (χ4v) is 3.43. The molecular formula is C21H31N5O2S. The van der Waals surface area contributed by atoms with E-state index in [4.69, 9.17) is 18.0 Å². The maximum Gasteiger partial charge on any atom is 0.330 e. The van der Waals surface area contributed by atoms with Crippen molar-refractivity contribution < 1.29 is 0 Å². The summed E-state index contributed by atoms with van der Waals surface area (Å²) in [6.45, 7) is 7.15. The number of benzene rings is 1. The number of aromatic nitrogens is 2. The van der Waals surface area contributed by atoms with Crippen LogP contribution in [0.25, 0.3) is 0 Å². The van der Waals surface area contributed by atoms with Gasteiger partial charge in [0.2, 0.25) is 0 Å². The van der Waals surface area contributed by atoms with Gasteiger partial charge in [-0.05, 0) is 43.1 Å². The fraction of sp³-hybridized carbons (Fsp3) is 0.476. The van der Waals surface area contributed by atoms with Crippen molar-refractivity contribution in [3.05, 3.63) is 50.7 Å². The summed E-state index contributed by atoms with van der Waals surface area (Å²) >= 11 is 5.66. The van der Waals surface area contributed by atoms with Crippen LogP contribution in [0.5, 0.6) is 0 Å². The van der Waals surface area contributed by atoms with Crippen molar-refractivity contribution in [2.45, 2.75) is 59.4 Å². The van der Waals surface area contributed by atoms with Crippen molar-refractivity contribution >= 4 is 34.5 Å². The van der Waals surface area contributed by atoms with E-state index < -0.39 is 11.2 Å². The predicted octanol–water partition coefficient (Wildman–Crippen LogP) is 3.48. The van der Waals surface area contributed by atoms with Gasteiger partial charge in [0.1, 0.15) is 5.82 Å². The van der Waals surface area contributed by atoms with Gasteiger partial charge in [-0.2, -0.15) is 0 Å². The number of aromatic amines is 1. The molecule has 0 spiro atoms. The molecule has 0 fully saturated rings. The Morgan fingerprint density at radius 3 is 2.52 bits per heavy atom. The molecule has 0 aliphatic heterocycles. The SMILES string of the molecule is CCCCN(C(=S)Nc1ccccc1CC)c1c(N)n(CCCC)c(=O)[nH]c1=O. The van der Waals surface area contributed by atoms with Crippen molar-refractivity contribution in [1.29, 1.82) is 0 Å². The number of para-hydroxylation sites is 1. The summed E-state index contributed by atoms with van der Waals surface area (Å²) < 4.78 is 1.42. The highest BCUT2D eigenvalue weighted by atomic mass is 32.1. The Hall–Kier alpha value is -2.61. The van der Waals surface area contributed by atoms with E-state index in [0.29, 0.717) is 18.2 Å². The van der Waals surface area contributed by atoms with E-state index in [-0.39, 0.29) is 11.5 Å². The number of nitrogens with zero attached hydrogens (tertiary/aromatic N) is 2. The second-order valence-corrected chi connectivity index (χ2v) is 7.33. The third kappa shape index (κ3) is 5.47. The van der Waals surface area contributed by atoms with Crippen LogP contribution in [0.4, 0.5) is 17.2 Å². The Bertz CT molecular complexity index is 951. The number of hydrogen-bond acceptors (Lipinski definition) is 4. The van der Waals surface area contributed by atoms with Gasteiger partial charge in [-0.25, -0.2) is 4.79 Å². The van der Waals surface area contributed by atoms with Gasteiger partial charge in [0.15, 0.2) is 10.8 Å². The summed E-state index contributed by atoms with van der Waals surface area (Å²) in [6, 6.07) is 7.91. The number of thiocarbonyl (C=S) groups is 1. The van der Waals surface area contributed by atoms with E-state index in [1.54, 1.807) is 4.90 Å². The molecule has 0 saturated carbocycles. The molecule has 158 valence electrons. The predicted molar refractivity (Wildman–Crippen MR) is 125 cm³/mol. The summed E-state index contributed by atoms with van der Waals surface area (Å²) in [4.78, 5) is 29.1. The average Bonchev–Trinajstić information content (AvgIpc) is 2.70. The lowest BCUT2D eigenvalue weighted by Gasteiger charge is -2.27. The third-order valence-corrected chi connectivity index (χ3v) is 5.16. The summed E-state index contributed by atoms with van der Waals surface area (Å²) in [5.41, 5.74) is 7.53. The van der Waals surface area contributed by atoms with E-state index in [9.17, 15) is 9.59 Å². The highest BCUT2D eigenvalue weighted by molar-refractivity contribution is 7.80. The molecule has 0 amide bonds. The number of hydrogen-bond donors (Lipinski definition) is 3. The third-order valence-electron chi connectivity index (χ3n) is 4.84. The van der Waals surface area contributed by atoms with Crippen molar-refractivity contribution in [3.8, 4) is 0 Å². The van der Waals surface area contributed by atoms with Crippen molar-refractivity contribution in [3.63, 3.8) is 0 Å². The number of nitrogens with two attached hydrogens (primary N) is 1. The lowest BCUT2D eigenvalue weighted by Crippen LogP contribution is -2.43. The molecule has 7 nitrogen and oxygen atoms in total. The number of H-pyrrole nitrogens is 1. The second-order valence-electron chi connectivity index (χ2n) is 6.94. The van der Waals surface area contributed by atoms with E-state index in [2.05, 4.69) is 24.1 Å². The van der Waals surface area contributed by atoms with Crippen molar-refractivity contribution in [1.82, 2.24) is 9.55 Å². The van der Waals surface area contributed by atoms with Gasteiger partial charge < -0.3 is 16.0 Å². The molecule has 2 aromatic rings. The van der Waals surface area contributed by atoms with E-state index >= 15 is 0 Å². The zero-order valence-electron chi connectivity index (χ0n) is 17.5. The molecular weight excluding hydrogens is 386 g/mol. The molecule has 1 aromatic carbocycles. The molecule has 0 saturated heterocycles. The number of rotatable bonds is 9. The Kier molecular flexibility index (Phi) is 8.45. The standard InChI is InChI=1S/C21H31N5O2S/c1-4-7-13-25(21(29)23-16-12-10-9-11-15(16)6-3)17-18(22)26(14-8-5-2)20(28)24-19(17)27/h9-12H,4-8,13-14,22H2,1-3H3,(H,23,29)(H,24,27,28). The second kappa shape index (κ2) is 10.8. The van der Waals surface area contributed by atoms with Crippen molar-refractivity contribution in [2.75, 3.05) is 22.5 Å². The summed E-state index contributed by atoms with van der Waals surface area (Å²) in [6.07, 6.45) is 4.30. The molecule has 8 heteroatoms. The molecule has 0 aliphatic carbocycles. The first-order valence-corrected chi connectivity index (χ1v) is 10.6. The zero-order valence-corrected chi connectivity index (χ0v) is 18.3. The van der Waals surface area contributed by atoms with Gasteiger partial charge in [-0.15, -0.1) is 0 Å². The molecule has 0 unspecified atom stereocenters. The van der Waals surface area contributed by atoms with Gasteiger partial charge in [-0.1, -0.05) is 51.8 Å². The molecule has 0 radical (unpaired) electrons. The topological polar surface area (TPSA) is 96.2 Å². The van der Waals surface area contributed by atoms with Crippen molar-refractivity contribution in [2.24, 2.45) is 0 Å². The minimum atomic E-state index is -0.524. The number of nitrogen functional groups attached to an aromatic ring is 1. The highest BCUT2D eigenvalue weighted by Gasteiger charge is 2.22. The average molecular weight is 418 g/mol. The normalized spacial score (nSPS) is 10.7. The molecule has 2 rings (SSSR count). The smallest absolute Gasteiger partial charge is 0.330 e. The monoisotopic (exact) mass is 417 g/mol. The maximum absolute atomic E-state index is 12.7. The first-order chi connectivity index (χ1) is 13.9. The van der Waals surface area contributed by atoms with Crippen LogP contribution in [0.3, 0.4) is 0 Å². The summed E-state index contributed by atoms with van der Waals surface area (Å²) in [5, 5.41) is 3.65. The minimum Gasteiger partial charge on any atom is -0.383 e. The largest absolute Gasteiger partial charge is 0.383 e. The molecule has 29 heavy (non-hydrogen) atoms. The first kappa shape index (κ1) is 22.7. The molecule has 0 aliphatic rings. The Morgan fingerprint density at radius 1 is 1.17 bits per heavy atom. The first-order valence-electron chi connectivity index (χ1n) is 10.2. The minimum absolute atomic E-state index is 0.149. The van der Waals surface area contributed by atoms with Crippen LogP contribution in [-0.2, 0) is 13.0 Å². The molecule has 0 atom stereocenters. The van der Waals surface area contributed by atoms with Gasteiger partial charge in [0, 0.05) is 18.8 Å². The van der Waals surface area contributed by atoms with Gasteiger partial charge in [0.25, 0.3) is 5.56 Å². The lowest BCUT2D eigenvalue weighted by atomic mass is 10.1. The lowest BCUT2D eigenvalue weighted by molar-refractivity contribution is 0.604. The summed E-state index contributed by atoms with van der Waals surface area (Å²) in [5.74, 6) is 0.149. The maximum atomic E-state index is 12.7. The van der Waals surface area contributed by atoms with E-state index in [0.717, 1.165) is 43.4 Å². The Labute approximate surface area is 176 Å². The Morgan fingerprint density at radius 2 is 1.86 bits per heavy atom. The Balaban J connectivity index is 2.48. The zero-order chi connectivity index (χ0) is 21.4. The van der Waals surface area contributed by atoms with Crippen LogP contribution >= 0.6 is 12.2 Å². The number of nitrogens with one attached hydrogen (secondary N) is 2. The number of unbranched alkanes of at least 4 members (excludes halogenated alkanes) is 2. The van der Waals surface area contributed by atoms with E-state index in [1.807, 2.05) is 31.2 Å². The number of aryl methyl sites for hydroxylation is 1. The van der Waals surface area contributed by atoms with E-state index in [1.165, 1.54) is 4.57 Å². The summed E-state index contributed by atoms with van der Waals surface area (Å²) in [7, 11) is 0. The van der Waals surface area contributed by atoms with Gasteiger partial charge >= 0.3 is 5.69 Å². The van der Waals surface area contributed by atoms with Crippen LogP contribution in [0.15, 0.2) is 33.9 Å². The van der Waals surface area contributed by atoms with Crippen LogP contribution in [0, 0.1) is 0 Å². The molecule has 4 N–H and O–H groups in total.